The average Bonchev–Trinajstić information content (AvgIpc) is 2.58. The molecule has 1 atom stereocenters. The highest BCUT2D eigenvalue weighted by Gasteiger charge is 2.71. The third kappa shape index (κ3) is 3.30. The molecule has 27 heavy (non-hydrogen) atoms. The second kappa shape index (κ2) is 6.50. The molecule has 0 saturated heterocycles. The lowest BCUT2D eigenvalue weighted by atomic mass is 9.36. The molecule has 5 nitrogen and oxygen atoms in total. The molecule has 0 unspecified atom stereocenters. The summed E-state index contributed by atoms with van der Waals surface area (Å²) in [5, 5.41) is 6.94. The van der Waals surface area contributed by atoms with Crippen molar-refractivity contribution in [2.24, 2.45) is 11.3 Å². The monoisotopic (exact) mass is 403 g/mol. The highest BCUT2D eigenvalue weighted by molar-refractivity contribution is 6.31. The predicted molar refractivity (Wildman–Crippen MR) is 105 cm³/mol. The van der Waals surface area contributed by atoms with Crippen molar-refractivity contribution in [2.45, 2.75) is 31.7 Å². The first-order valence-corrected chi connectivity index (χ1v) is 9.57. The molecule has 1 aromatic heterocycles. The van der Waals surface area contributed by atoms with E-state index in [0.29, 0.717) is 21.4 Å². The molecule has 5 rings (SSSR count). The van der Waals surface area contributed by atoms with Gasteiger partial charge in [0.25, 0.3) is 5.91 Å². The molecule has 7 heteroatoms. The molecule has 140 valence electrons. The highest BCUT2D eigenvalue weighted by Crippen LogP contribution is 2.70. The summed E-state index contributed by atoms with van der Waals surface area (Å²) >= 11 is 11.7. The highest BCUT2D eigenvalue weighted by atomic mass is 35.5. The van der Waals surface area contributed by atoms with Crippen LogP contribution in [0, 0.1) is 11.3 Å². The van der Waals surface area contributed by atoms with Gasteiger partial charge in [-0.2, -0.15) is 0 Å². The Morgan fingerprint density at radius 3 is 2.52 bits per heavy atom. The largest absolute Gasteiger partial charge is 0.347 e. The minimum Gasteiger partial charge on any atom is -0.347 e. The van der Waals surface area contributed by atoms with Crippen LogP contribution >= 0.6 is 23.2 Å². The molecule has 2 aromatic rings. The predicted octanol–water partition coefficient (Wildman–Crippen LogP) is 4.32. The Balaban J connectivity index is 1.33. The standard InChI is InChI=1S/C20H19Cl2N3O2/c1-12(17(26)24-15-5-6-16(22)23-8-15)19-9-20(10-19,11-19)25-18(27)13-3-2-4-14(21)7-13/h2-8,12H,9-11H2,1H3,(H,24,26)(H,25,27)/t12-,19?,20?/m1/s1. The molecular formula is C20H19Cl2N3O2. The second-order valence-corrected chi connectivity index (χ2v) is 8.54. The third-order valence-corrected chi connectivity index (χ3v) is 6.30. The van der Waals surface area contributed by atoms with Gasteiger partial charge in [-0.1, -0.05) is 36.2 Å². The zero-order valence-corrected chi connectivity index (χ0v) is 16.3. The SMILES string of the molecule is C[C@H](C(=O)Nc1ccc(Cl)nc1)C12CC(NC(=O)c3cccc(Cl)c3)(C1)C2. The van der Waals surface area contributed by atoms with Crippen molar-refractivity contribution in [3.05, 3.63) is 58.3 Å². The Kier molecular flexibility index (Phi) is 4.40. The summed E-state index contributed by atoms with van der Waals surface area (Å²) in [4.78, 5) is 29.0. The fraction of sp³-hybridized carbons (Fsp3) is 0.350. The molecule has 1 aromatic carbocycles. The molecular weight excluding hydrogens is 385 g/mol. The lowest BCUT2D eigenvalue weighted by molar-refractivity contribution is -0.184. The van der Waals surface area contributed by atoms with Gasteiger partial charge < -0.3 is 10.6 Å². The van der Waals surface area contributed by atoms with E-state index in [1.807, 2.05) is 6.92 Å². The van der Waals surface area contributed by atoms with Gasteiger partial charge in [-0.3, -0.25) is 9.59 Å². The van der Waals surface area contributed by atoms with E-state index in [2.05, 4.69) is 15.6 Å². The quantitative estimate of drug-likeness (QED) is 0.730. The van der Waals surface area contributed by atoms with Crippen LogP contribution in [0.1, 0.15) is 36.5 Å². The number of pyridine rings is 1. The van der Waals surface area contributed by atoms with E-state index in [0.717, 1.165) is 19.3 Å². The van der Waals surface area contributed by atoms with Crippen LogP contribution in [0.4, 0.5) is 5.69 Å². The maximum Gasteiger partial charge on any atom is 0.251 e. The van der Waals surface area contributed by atoms with Crippen molar-refractivity contribution in [1.82, 2.24) is 10.3 Å². The van der Waals surface area contributed by atoms with Crippen molar-refractivity contribution < 1.29 is 9.59 Å². The van der Waals surface area contributed by atoms with Crippen LogP contribution in [0.2, 0.25) is 10.2 Å². The number of anilines is 1. The Morgan fingerprint density at radius 2 is 1.89 bits per heavy atom. The summed E-state index contributed by atoms with van der Waals surface area (Å²) < 4.78 is 0. The Hall–Kier alpha value is -2.11. The van der Waals surface area contributed by atoms with Gasteiger partial charge in [0.15, 0.2) is 0 Å². The van der Waals surface area contributed by atoms with Crippen LogP contribution in [-0.2, 0) is 4.79 Å². The minimum atomic E-state index is -0.185. The van der Waals surface area contributed by atoms with Gasteiger partial charge in [0.1, 0.15) is 5.15 Å². The molecule has 3 aliphatic rings. The van der Waals surface area contributed by atoms with Crippen LogP contribution in [0.5, 0.6) is 0 Å². The number of nitrogens with zero attached hydrogens (tertiary/aromatic N) is 1. The first-order chi connectivity index (χ1) is 12.8. The molecule has 2 amide bonds. The fourth-order valence-electron chi connectivity index (χ4n) is 4.38. The molecule has 3 aliphatic carbocycles. The first-order valence-electron chi connectivity index (χ1n) is 8.81. The minimum absolute atomic E-state index is 0.0337. The smallest absolute Gasteiger partial charge is 0.251 e. The number of carbonyl (C=O) groups is 2. The zero-order chi connectivity index (χ0) is 19.2. The van der Waals surface area contributed by atoms with Crippen molar-refractivity contribution in [3.8, 4) is 0 Å². The number of nitrogens with one attached hydrogen (secondary N) is 2. The third-order valence-electron chi connectivity index (χ3n) is 5.84. The van der Waals surface area contributed by atoms with Crippen LogP contribution in [0.25, 0.3) is 0 Å². The van der Waals surface area contributed by atoms with E-state index < -0.39 is 0 Å². The Morgan fingerprint density at radius 1 is 1.15 bits per heavy atom. The van der Waals surface area contributed by atoms with Crippen LogP contribution in [0.3, 0.4) is 0 Å². The van der Waals surface area contributed by atoms with E-state index in [-0.39, 0.29) is 28.7 Å². The van der Waals surface area contributed by atoms with Crippen LogP contribution in [0.15, 0.2) is 42.6 Å². The Labute approximate surface area is 167 Å². The van der Waals surface area contributed by atoms with E-state index in [4.69, 9.17) is 23.2 Å². The zero-order valence-electron chi connectivity index (χ0n) is 14.8. The van der Waals surface area contributed by atoms with Gasteiger partial charge in [0.05, 0.1) is 11.9 Å². The molecule has 0 spiro atoms. The lowest BCUT2D eigenvalue weighted by Crippen LogP contribution is -2.77. The summed E-state index contributed by atoms with van der Waals surface area (Å²) in [6, 6.07) is 10.3. The lowest BCUT2D eigenvalue weighted by Gasteiger charge is -2.72. The van der Waals surface area contributed by atoms with Gasteiger partial charge >= 0.3 is 0 Å². The molecule has 2 N–H and O–H groups in total. The van der Waals surface area contributed by atoms with Crippen LogP contribution < -0.4 is 10.6 Å². The molecule has 3 fully saturated rings. The normalized spacial score (nSPS) is 26.3. The average molecular weight is 404 g/mol. The molecule has 3 saturated carbocycles. The van der Waals surface area contributed by atoms with E-state index in [9.17, 15) is 9.59 Å². The maximum absolute atomic E-state index is 12.6. The summed E-state index contributed by atoms with van der Waals surface area (Å²) in [6.07, 6.45) is 4.00. The molecule has 0 aliphatic heterocycles. The van der Waals surface area contributed by atoms with Gasteiger partial charge in [0.2, 0.25) is 5.91 Å². The number of hydrogen-bond acceptors (Lipinski definition) is 3. The second-order valence-electron chi connectivity index (χ2n) is 7.72. The van der Waals surface area contributed by atoms with Crippen molar-refractivity contribution >= 4 is 40.7 Å². The number of aromatic nitrogens is 1. The summed E-state index contributed by atoms with van der Waals surface area (Å²) in [5.74, 6) is -0.290. The number of amides is 2. The van der Waals surface area contributed by atoms with E-state index in [1.54, 1.807) is 42.6 Å². The van der Waals surface area contributed by atoms with Crippen molar-refractivity contribution in [1.29, 1.82) is 0 Å². The van der Waals surface area contributed by atoms with Gasteiger partial charge in [-0.05, 0) is 55.0 Å². The van der Waals surface area contributed by atoms with Crippen LogP contribution in [-0.4, -0.2) is 22.3 Å². The first kappa shape index (κ1) is 18.3. The summed E-state index contributed by atoms with van der Waals surface area (Å²) in [6.45, 7) is 1.94. The number of hydrogen-bond donors (Lipinski definition) is 2. The molecule has 1 heterocycles. The van der Waals surface area contributed by atoms with Gasteiger partial charge in [-0.25, -0.2) is 4.98 Å². The number of rotatable bonds is 5. The van der Waals surface area contributed by atoms with Crippen molar-refractivity contribution in [3.63, 3.8) is 0 Å². The van der Waals surface area contributed by atoms with Crippen molar-refractivity contribution in [2.75, 3.05) is 5.32 Å². The maximum atomic E-state index is 12.6. The number of carbonyl (C=O) groups excluding carboxylic acids is 2. The van der Waals surface area contributed by atoms with E-state index >= 15 is 0 Å². The molecule has 2 bridgehead atoms. The number of halogens is 2. The van der Waals surface area contributed by atoms with Gasteiger partial charge in [0, 0.05) is 22.0 Å². The number of benzene rings is 1. The van der Waals surface area contributed by atoms with E-state index in [1.165, 1.54) is 0 Å². The fourth-order valence-corrected chi connectivity index (χ4v) is 4.68. The van der Waals surface area contributed by atoms with Gasteiger partial charge in [-0.15, -0.1) is 0 Å². The molecule has 0 radical (unpaired) electrons. The Bertz CT molecular complexity index is 894. The summed E-state index contributed by atoms with van der Waals surface area (Å²) in [5.41, 5.74) is 0.968. The topological polar surface area (TPSA) is 71.1 Å². The summed E-state index contributed by atoms with van der Waals surface area (Å²) in [7, 11) is 0.